The Kier molecular flexibility index (Phi) is 2.45. The van der Waals surface area contributed by atoms with Gasteiger partial charge in [-0.25, -0.2) is 9.97 Å². The summed E-state index contributed by atoms with van der Waals surface area (Å²) in [6, 6.07) is 5.96. The molecule has 0 saturated heterocycles. The summed E-state index contributed by atoms with van der Waals surface area (Å²) < 4.78 is 0. The first kappa shape index (κ1) is 9.15. The first-order valence-corrected chi connectivity index (χ1v) is 5.24. The van der Waals surface area contributed by atoms with Gasteiger partial charge in [0.2, 0.25) is 0 Å². The van der Waals surface area contributed by atoms with E-state index < -0.39 is 0 Å². The fraction of sp³-hybridized carbons (Fsp3) is 0.200. The third-order valence-corrected chi connectivity index (χ3v) is 2.72. The van der Waals surface area contributed by atoms with Crippen molar-refractivity contribution >= 4 is 17.2 Å². The molecule has 4 heteroatoms. The minimum Gasteiger partial charge on any atom is -0.384 e. The number of thiophene rings is 1. The van der Waals surface area contributed by atoms with Crippen molar-refractivity contribution in [1.82, 2.24) is 9.97 Å². The highest BCUT2D eigenvalue weighted by atomic mass is 32.1. The van der Waals surface area contributed by atoms with E-state index in [1.165, 1.54) is 4.88 Å². The molecule has 0 aliphatic heterocycles. The predicted molar refractivity (Wildman–Crippen MR) is 58.3 cm³/mol. The van der Waals surface area contributed by atoms with Crippen LogP contribution in [0.3, 0.4) is 0 Å². The Morgan fingerprint density at radius 3 is 2.93 bits per heavy atom. The van der Waals surface area contributed by atoms with Gasteiger partial charge in [0.25, 0.3) is 0 Å². The standard InChI is InChI=1S/C10H11N3S/c1-7-12-8(6-10(11)13-7)5-9-3-2-4-14-9/h2-4,6H,5H2,1H3,(H2,11,12,13). The molecule has 3 nitrogen and oxygen atoms in total. The van der Waals surface area contributed by atoms with Crippen LogP contribution in [0.5, 0.6) is 0 Å². The summed E-state index contributed by atoms with van der Waals surface area (Å²) in [4.78, 5) is 9.65. The second-order valence-corrected chi connectivity index (χ2v) is 4.12. The van der Waals surface area contributed by atoms with Crippen LogP contribution in [0.4, 0.5) is 5.82 Å². The molecular formula is C10H11N3S. The van der Waals surface area contributed by atoms with Crippen LogP contribution in [0, 0.1) is 6.92 Å². The van der Waals surface area contributed by atoms with Gasteiger partial charge in [-0.3, -0.25) is 0 Å². The topological polar surface area (TPSA) is 51.8 Å². The lowest BCUT2D eigenvalue weighted by Gasteiger charge is -2.01. The van der Waals surface area contributed by atoms with E-state index in [9.17, 15) is 0 Å². The van der Waals surface area contributed by atoms with E-state index in [-0.39, 0.29) is 0 Å². The SMILES string of the molecule is Cc1nc(N)cc(Cc2cccs2)n1. The number of hydrogen-bond donors (Lipinski definition) is 1. The molecule has 0 atom stereocenters. The molecule has 2 N–H and O–H groups in total. The number of aryl methyl sites for hydroxylation is 1. The Morgan fingerprint density at radius 1 is 1.43 bits per heavy atom. The third kappa shape index (κ3) is 2.09. The number of hydrogen-bond acceptors (Lipinski definition) is 4. The summed E-state index contributed by atoms with van der Waals surface area (Å²) in [5.41, 5.74) is 6.62. The zero-order valence-electron chi connectivity index (χ0n) is 7.90. The van der Waals surface area contributed by atoms with Crippen molar-refractivity contribution in [3.05, 3.63) is 40.0 Å². The molecule has 0 fully saturated rings. The van der Waals surface area contributed by atoms with Gasteiger partial charge in [0.1, 0.15) is 11.6 Å². The summed E-state index contributed by atoms with van der Waals surface area (Å²) >= 11 is 1.73. The van der Waals surface area contributed by atoms with Gasteiger partial charge in [-0.1, -0.05) is 6.07 Å². The molecule has 0 amide bonds. The smallest absolute Gasteiger partial charge is 0.127 e. The molecule has 2 aromatic heterocycles. The van der Waals surface area contributed by atoms with Crippen LogP contribution in [0.25, 0.3) is 0 Å². The maximum atomic E-state index is 5.64. The van der Waals surface area contributed by atoms with Crippen LogP contribution in [0.15, 0.2) is 23.6 Å². The predicted octanol–water partition coefficient (Wildman–Crippen LogP) is 2.02. The van der Waals surface area contributed by atoms with Crippen LogP contribution >= 0.6 is 11.3 Å². The molecule has 0 bridgehead atoms. The largest absolute Gasteiger partial charge is 0.384 e. The van der Waals surface area contributed by atoms with Crippen molar-refractivity contribution in [2.75, 3.05) is 5.73 Å². The summed E-state index contributed by atoms with van der Waals surface area (Å²) in [6.07, 6.45) is 0.839. The fourth-order valence-corrected chi connectivity index (χ4v) is 2.06. The molecular weight excluding hydrogens is 194 g/mol. The summed E-state index contributed by atoms with van der Waals surface area (Å²) in [7, 11) is 0. The molecule has 14 heavy (non-hydrogen) atoms. The number of rotatable bonds is 2. The van der Waals surface area contributed by atoms with Gasteiger partial charge in [-0.2, -0.15) is 0 Å². The molecule has 72 valence electrons. The van der Waals surface area contributed by atoms with Crippen molar-refractivity contribution < 1.29 is 0 Å². The van der Waals surface area contributed by atoms with Crippen molar-refractivity contribution in [1.29, 1.82) is 0 Å². The van der Waals surface area contributed by atoms with Crippen molar-refractivity contribution in [2.45, 2.75) is 13.3 Å². The second kappa shape index (κ2) is 3.75. The Morgan fingerprint density at radius 2 is 2.29 bits per heavy atom. The van der Waals surface area contributed by atoms with Crippen LogP contribution in [0.2, 0.25) is 0 Å². The zero-order valence-corrected chi connectivity index (χ0v) is 8.71. The van der Waals surface area contributed by atoms with E-state index in [4.69, 9.17) is 5.73 Å². The molecule has 0 aromatic carbocycles. The number of nitrogen functional groups attached to an aromatic ring is 1. The van der Waals surface area contributed by atoms with Crippen LogP contribution in [-0.4, -0.2) is 9.97 Å². The molecule has 2 rings (SSSR count). The van der Waals surface area contributed by atoms with Gasteiger partial charge in [0, 0.05) is 17.4 Å². The van der Waals surface area contributed by atoms with E-state index in [0.717, 1.165) is 17.9 Å². The molecule has 0 radical (unpaired) electrons. The number of nitrogens with zero attached hydrogens (tertiary/aromatic N) is 2. The highest BCUT2D eigenvalue weighted by Gasteiger charge is 2.01. The molecule has 0 saturated carbocycles. The quantitative estimate of drug-likeness (QED) is 0.816. The summed E-state index contributed by atoms with van der Waals surface area (Å²) in [5.74, 6) is 1.28. The van der Waals surface area contributed by atoms with Gasteiger partial charge in [0.15, 0.2) is 0 Å². The lowest BCUT2D eigenvalue weighted by Crippen LogP contribution is -2.00. The summed E-state index contributed by atoms with van der Waals surface area (Å²) in [6.45, 7) is 1.86. The minimum atomic E-state index is 0.545. The monoisotopic (exact) mass is 205 g/mol. The Balaban J connectivity index is 2.25. The maximum Gasteiger partial charge on any atom is 0.127 e. The lowest BCUT2D eigenvalue weighted by atomic mass is 10.2. The fourth-order valence-electron chi connectivity index (χ4n) is 1.34. The van der Waals surface area contributed by atoms with Gasteiger partial charge in [-0.15, -0.1) is 11.3 Å². The van der Waals surface area contributed by atoms with Crippen LogP contribution in [0.1, 0.15) is 16.4 Å². The van der Waals surface area contributed by atoms with Gasteiger partial charge in [0.05, 0.1) is 5.69 Å². The van der Waals surface area contributed by atoms with E-state index >= 15 is 0 Å². The summed E-state index contributed by atoms with van der Waals surface area (Å²) in [5, 5.41) is 2.06. The van der Waals surface area contributed by atoms with E-state index in [0.29, 0.717) is 5.82 Å². The molecule has 0 unspecified atom stereocenters. The van der Waals surface area contributed by atoms with Crippen LogP contribution in [-0.2, 0) is 6.42 Å². The first-order chi connectivity index (χ1) is 6.74. The Hall–Kier alpha value is -1.42. The molecule has 0 aliphatic carbocycles. The molecule has 2 aromatic rings. The number of nitrogens with two attached hydrogens (primary N) is 1. The second-order valence-electron chi connectivity index (χ2n) is 3.09. The van der Waals surface area contributed by atoms with E-state index in [1.54, 1.807) is 11.3 Å². The zero-order chi connectivity index (χ0) is 9.97. The van der Waals surface area contributed by atoms with E-state index in [1.807, 2.05) is 19.1 Å². The first-order valence-electron chi connectivity index (χ1n) is 4.36. The Labute approximate surface area is 86.6 Å². The highest BCUT2D eigenvalue weighted by molar-refractivity contribution is 7.09. The molecule has 2 heterocycles. The van der Waals surface area contributed by atoms with Gasteiger partial charge in [-0.05, 0) is 18.4 Å². The highest BCUT2D eigenvalue weighted by Crippen LogP contribution is 2.14. The van der Waals surface area contributed by atoms with E-state index in [2.05, 4.69) is 21.4 Å². The van der Waals surface area contributed by atoms with Gasteiger partial charge < -0.3 is 5.73 Å². The molecule has 0 aliphatic rings. The lowest BCUT2D eigenvalue weighted by molar-refractivity contribution is 0.982. The number of anilines is 1. The number of aromatic nitrogens is 2. The minimum absolute atomic E-state index is 0.545. The Bertz CT molecular complexity index is 403. The van der Waals surface area contributed by atoms with Crippen molar-refractivity contribution in [3.8, 4) is 0 Å². The van der Waals surface area contributed by atoms with Crippen molar-refractivity contribution in [2.24, 2.45) is 0 Å². The van der Waals surface area contributed by atoms with Gasteiger partial charge >= 0.3 is 0 Å². The maximum absolute atomic E-state index is 5.64. The van der Waals surface area contributed by atoms with Crippen molar-refractivity contribution in [3.63, 3.8) is 0 Å². The third-order valence-electron chi connectivity index (χ3n) is 1.85. The average Bonchev–Trinajstić information content (AvgIpc) is 2.54. The normalized spacial score (nSPS) is 10.4. The molecule has 0 spiro atoms. The average molecular weight is 205 g/mol. The van der Waals surface area contributed by atoms with Crippen LogP contribution < -0.4 is 5.73 Å².